The third-order valence-electron chi connectivity index (χ3n) is 3.97. The van der Waals surface area contributed by atoms with Crippen molar-refractivity contribution in [3.8, 4) is 5.75 Å². The van der Waals surface area contributed by atoms with Crippen LogP contribution in [0.15, 0.2) is 42.5 Å². The molecule has 0 aliphatic heterocycles. The molecule has 2 rings (SSSR count). The zero-order valence-corrected chi connectivity index (χ0v) is 15.5. The first kappa shape index (κ1) is 19.5. The summed E-state index contributed by atoms with van der Waals surface area (Å²) < 4.78 is 10.4. The molecule has 0 aliphatic carbocycles. The van der Waals surface area contributed by atoms with Crippen LogP contribution in [0.3, 0.4) is 0 Å². The fourth-order valence-corrected chi connectivity index (χ4v) is 2.61. The van der Waals surface area contributed by atoms with E-state index in [0.29, 0.717) is 5.75 Å². The van der Waals surface area contributed by atoms with E-state index in [4.69, 9.17) is 9.47 Å². The van der Waals surface area contributed by atoms with Crippen LogP contribution >= 0.6 is 0 Å². The predicted molar refractivity (Wildman–Crippen MR) is 101 cm³/mol. The van der Waals surface area contributed by atoms with Crippen molar-refractivity contribution >= 4 is 17.6 Å². The molecule has 0 saturated heterocycles. The molecule has 0 saturated carbocycles. The monoisotopic (exact) mass is 355 g/mol. The van der Waals surface area contributed by atoms with E-state index < -0.39 is 5.97 Å². The summed E-state index contributed by atoms with van der Waals surface area (Å²) >= 11 is 0. The van der Waals surface area contributed by atoms with E-state index in [1.54, 1.807) is 6.07 Å². The summed E-state index contributed by atoms with van der Waals surface area (Å²) in [5.41, 5.74) is 3.98. The lowest BCUT2D eigenvalue weighted by Gasteiger charge is -2.14. The fourth-order valence-electron chi connectivity index (χ4n) is 2.61. The van der Waals surface area contributed by atoms with Crippen LogP contribution < -0.4 is 10.1 Å². The Balaban J connectivity index is 1.84. The van der Waals surface area contributed by atoms with Crippen molar-refractivity contribution in [2.24, 2.45) is 0 Å². The second-order valence-electron chi connectivity index (χ2n) is 5.97. The van der Waals surface area contributed by atoms with E-state index in [0.717, 1.165) is 35.2 Å². The molecule has 0 aliphatic rings. The number of rotatable bonds is 8. The van der Waals surface area contributed by atoms with Gasteiger partial charge in [-0.05, 0) is 48.6 Å². The van der Waals surface area contributed by atoms with Crippen molar-refractivity contribution in [2.75, 3.05) is 18.5 Å². The quantitative estimate of drug-likeness (QED) is 0.734. The van der Waals surface area contributed by atoms with Crippen molar-refractivity contribution in [3.05, 3.63) is 59.2 Å². The highest BCUT2D eigenvalue weighted by molar-refractivity contribution is 5.94. The first-order chi connectivity index (χ1) is 12.5. The van der Waals surface area contributed by atoms with Crippen LogP contribution in [0.25, 0.3) is 0 Å². The van der Waals surface area contributed by atoms with Gasteiger partial charge in [0.1, 0.15) is 5.75 Å². The fraction of sp³-hybridized carbons (Fsp3) is 0.333. The van der Waals surface area contributed by atoms with Crippen molar-refractivity contribution in [1.82, 2.24) is 0 Å². The highest BCUT2D eigenvalue weighted by Crippen LogP contribution is 2.22. The Kier molecular flexibility index (Phi) is 7.21. The molecule has 2 aromatic carbocycles. The van der Waals surface area contributed by atoms with E-state index in [-0.39, 0.29) is 19.1 Å². The number of carbonyl (C=O) groups excluding carboxylic acids is 2. The number of amides is 1. The summed E-state index contributed by atoms with van der Waals surface area (Å²) in [5.74, 6) is -0.346. The van der Waals surface area contributed by atoms with Crippen molar-refractivity contribution in [3.63, 3.8) is 0 Å². The third kappa shape index (κ3) is 5.62. The van der Waals surface area contributed by atoms with Crippen LogP contribution in [0, 0.1) is 6.92 Å². The summed E-state index contributed by atoms with van der Waals surface area (Å²) in [6.07, 6.45) is 1.63. The van der Waals surface area contributed by atoms with Crippen molar-refractivity contribution in [1.29, 1.82) is 0 Å². The number of para-hydroxylation sites is 1. The van der Waals surface area contributed by atoms with Crippen LogP contribution in [0.5, 0.6) is 5.75 Å². The number of esters is 1. The van der Waals surface area contributed by atoms with Gasteiger partial charge in [-0.15, -0.1) is 0 Å². The molecule has 0 bridgehead atoms. The maximum absolute atomic E-state index is 12.1. The number of ether oxygens (including phenoxy) is 2. The van der Waals surface area contributed by atoms with Crippen LogP contribution in [-0.2, 0) is 27.2 Å². The Morgan fingerprint density at radius 3 is 2.23 bits per heavy atom. The molecule has 0 spiro atoms. The SMILES string of the molecule is CCc1cccc(CC)c1NC(=O)COC(=O)COc1cccc(C)c1. The normalized spacial score (nSPS) is 10.3. The van der Waals surface area contributed by atoms with E-state index in [9.17, 15) is 9.59 Å². The van der Waals surface area contributed by atoms with Gasteiger partial charge in [0.15, 0.2) is 13.2 Å². The summed E-state index contributed by atoms with van der Waals surface area (Å²) in [5, 5.41) is 2.86. The standard InChI is InChI=1S/C21H25NO4/c1-4-16-9-7-10-17(5-2)21(16)22-19(23)13-26-20(24)14-25-18-11-6-8-15(3)12-18/h6-12H,4-5,13-14H2,1-3H3,(H,22,23). The Morgan fingerprint density at radius 2 is 1.62 bits per heavy atom. The van der Waals surface area contributed by atoms with Crippen LogP contribution in [0.2, 0.25) is 0 Å². The lowest BCUT2D eigenvalue weighted by atomic mass is 10.0. The second-order valence-corrected chi connectivity index (χ2v) is 5.97. The summed E-state index contributed by atoms with van der Waals surface area (Å²) in [7, 11) is 0. The first-order valence-corrected chi connectivity index (χ1v) is 8.79. The molecule has 0 heterocycles. The molecule has 2 aromatic rings. The number of benzene rings is 2. The van der Waals surface area contributed by atoms with E-state index in [2.05, 4.69) is 5.32 Å². The molecular weight excluding hydrogens is 330 g/mol. The smallest absolute Gasteiger partial charge is 0.344 e. The largest absolute Gasteiger partial charge is 0.482 e. The number of aryl methyl sites for hydroxylation is 3. The van der Waals surface area contributed by atoms with Gasteiger partial charge >= 0.3 is 5.97 Å². The number of anilines is 1. The Hall–Kier alpha value is -2.82. The maximum atomic E-state index is 12.1. The van der Waals surface area contributed by atoms with Gasteiger partial charge in [0.2, 0.25) is 0 Å². The van der Waals surface area contributed by atoms with Crippen molar-refractivity contribution < 1.29 is 19.1 Å². The molecule has 0 fully saturated rings. The Bertz CT molecular complexity index is 748. The summed E-state index contributed by atoms with van der Waals surface area (Å²) in [6.45, 7) is 5.44. The zero-order valence-electron chi connectivity index (χ0n) is 15.5. The minimum absolute atomic E-state index is 0.234. The molecule has 5 heteroatoms. The lowest BCUT2D eigenvalue weighted by molar-refractivity contribution is -0.149. The lowest BCUT2D eigenvalue weighted by Crippen LogP contribution is -2.24. The number of nitrogens with one attached hydrogen (secondary N) is 1. The Labute approximate surface area is 154 Å². The average molecular weight is 355 g/mol. The third-order valence-corrected chi connectivity index (χ3v) is 3.97. The van der Waals surface area contributed by atoms with E-state index in [1.807, 2.05) is 57.2 Å². The van der Waals surface area contributed by atoms with Gasteiger partial charge in [0.05, 0.1) is 0 Å². The van der Waals surface area contributed by atoms with Crippen LogP contribution in [-0.4, -0.2) is 25.1 Å². The molecule has 0 aromatic heterocycles. The molecule has 1 N–H and O–H groups in total. The summed E-state index contributed by atoms with van der Waals surface area (Å²) in [6, 6.07) is 13.3. The average Bonchev–Trinajstić information content (AvgIpc) is 2.65. The molecule has 138 valence electrons. The maximum Gasteiger partial charge on any atom is 0.344 e. The number of hydrogen-bond donors (Lipinski definition) is 1. The van der Waals surface area contributed by atoms with E-state index in [1.165, 1.54) is 0 Å². The van der Waals surface area contributed by atoms with Gasteiger partial charge in [-0.2, -0.15) is 0 Å². The second kappa shape index (κ2) is 9.61. The Morgan fingerprint density at radius 1 is 0.962 bits per heavy atom. The molecular formula is C21H25NO4. The van der Waals surface area contributed by atoms with Gasteiger partial charge in [0.25, 0.3) is 5.91 Å². The predicted octanol–water partition coefficient (Wildman–Crippen LogP) is 3.68. The first-order valence-electron chi connectivity index (χ1n) is 8.79. The van der Waals surface area contributed by atoms with Crippen LogP contribution in [0.4, 0.5) is 5.69 Å². The highest BCUT2D eigenvalue weighted by Gasteiger charge is 2.12. The summed E-state index contributed by atoms with van der Waals surface area (Å²) in [4.78, 5) is 23.9. The van der Waals surface area contributed by atoms with Crippen molar-refractivity contribution in [2.45, 2.75) is 33.6 Å². The zero-order chi connectivity index (χ0) is 18.9. The molecule has 0 atom stereocenters. The minimum atomic E-state index is -0.582. The highest BCUT2D eigenvalue weighted by atomic mass is 16.6. The molecule has 26 heavy (non-hydrogen) atoms. The minimum Gasteiger partial charge on any atom is -0.482 e. The topological polar surface area (TPSA) is 64.6 Å². The van der Waals surface area contributed by atoms with E-state index >= 15 is 0 Å². The van der Waals surface area contributed by atoms with Gasteiger partial charge in [-0.3, -0.25) is 4.79 Å². The number of carbonyl (C=O) groups is 2. The molecule has 0 radical (unpaired) electrons. The van der Waals surface area contributed by atoms with Gasteiger partial charge in [-0.25, -0.2) is 4.79 Å². The molecule has 1 amide bonds. The molecule has 0 unspecified atom stereocenters. The number of hydrogen-bond acceptors (Lipinski definition) is 4. The van der Waals surface area contributed by atoms with Gasteiger partial charge < -0.3 is 14.8 Å². The molecule has 5 nitrogen and oxygen atoms in total. The van der Waals surface area contributed by atoms with Crippen LogP contribution in [0.1, 0.15) is 30.5 Å². The van der Waals surface area contributed by atoms with Gasteiger partial charge in [0, 0.05) is 5.69 Å². The van der Waals surface area contributed by atoms with Gasteiger partial charge in [-0.1, -0.05) is 44.2 Å².